The zero-order chi connectivity index (χ0) is 12.3. The van der Waals surface area contributed by atoms with Gasteiger partial charge in [0.25, 0.3) is 0 Å². The number of hydrogen-bond donors (Lipinski definition) is 1. The first kappa shape index (κ1) is 12.4. The topological polar surface area (TPSA) is 44.5 Å². The van der Waals surface area contributed by atoms with Gasteiger partial charge in [0.15, 0.2) is 0 Å². The zero-order valence-electron chi connectivity index (χ0n) is 10.7. The number of benzene rings is 1. The third-order valence-corrected chi connectivity index (χ3v) is 3.43. The summed E-state index contributed by atoms with van der Waals surface area (Å²) in [4.78, 5) is 0. The lowest BCUT2D eigenvalue weighted by atomic mass is 9.98. The third kappa shape index (κ3) is 2.61. The highest BCUT2D eigenvalue weighted by molar-refractivity contribution is 5.48. The van der Waals surface area contributed by atoms with E-state index in [1.54, 1.807) is 14.2 Å². The smallest absolute Gasteiger partial charge is 0.122 e. The Balaban J connectivity index is 2.24. The minimum atomic E-state index is 0.276. The Morgan fingerprint density at radius 3 is 2.82 bits per heavy atom. The van der Waals surface area contributed by atoms with E-state index in [1.807, 2.05) is 0 Å². The molecule has 2 rings (SSSR count). The van der Waals surface area contributed by atoms with Gasteiger partial charge in [-0.1, -0.05) is 6.07 Å². The highest BCUT2D eigenvalue weighted by Crippen LogP contribution is 2.32. The first-order chi connectivity index (χ1) is 8.26. The molecular weight excluding hydrogens is 214 g/mol. The second kappa shape index (κ2) is 5.52. The second-order valence-corrected chi connectivity index (χ2v) is 4.65. The minimum Gasteiger partial charge on any atom is -0.496 e. The van der Waals surface area contributed by atoms with Crippen molar-refractivity contribution in [2.24, 2.45) is 5.73 Å². The van der Waals surface area contributed by atoms with Crippen molar-refractivity contribution in [1.82, 2.24) is 0 Å². The molecule has 17 heavy (non-hydrogen) atoms. The van der Waals surface area contributed by atoms with Crippen molar-refractivity contribution < 1.29 is 9.47 Å². The summed E-state index contributed by atoms with van der Waals surface area (Å²) in [5.41, 5.74) is 10.2. The molecule has 1 aliphatic carbocycles. The van der Waals surface area contributed by atoms with Crippen LogP contribution in [-0.4, -0.2) is 26.9 Å². The van der Waals surface area contributed by atoms with E-state index in [9.17, 15) is 0 Å². The van der Waals surface area contributed by atoms with Gasteiger partial charge < -0.3 is 15.2 Å². The molecule has 0 heterocycles. The molecule has 1 aromatic carbocycles. The quantitative estimate of drug-likeness (QED) is 0.790. The van der Waals surface area contributed by atoms with Crippen LogP contribution >= 0.6 is 0 Å². The van der Waals surface area contributed by atoms with Crippen LogP contribution in [0, 0.1) is 0 Å². The SMILES string of the molecule is COCCCc1c(OC)ccc2c1CC(N)C2. The van der Waals surface area contributed by atoms with Crippen LogP contribution in [-0.2, 0) is 24.0 Å². The van der Waals surface area contributed by atoms with Crippen LogP contribution in [0.5, 0.6) is 5.75 Å². The summed E-state index contributed by atoms with van der Waals surface area (Å²) in [5, 5.41) is 0. The molecule has 3 nitrogen and oxygen atoms in total. The Bertz CT molecular complexity index is 390. The summed E-state index contributed by atoms with van der Waals surface area (Å²) in [5.74, 6) is 0.994. The van der Waals surface area contributed by atoms with E-state index in [-0.39, 0.29) is 6.04 Å². The third-order valence-electron chi connectivity index (χ3n) is 3.43. The molecule has 1 atom stereocenters. The first-order valence-corrected chi connectivity index (χ1v) is 6.18. The molecule has 0 aliphatic heterocycles. The monoisotopic (exact) mass is 235 g/mol. The molecule has 2 N–H and O–H groups in total. The van der Waals surface area contributed by atoms with Gasteiger partial charge >= 0.3 is 0 Å². The highest BCUT2D eigenvalue weighted by atomic mass is 16.5. The summed E-state index contributed by atoms with van der Waals surface area (Å²) in [6, 6.07) is 4.50. The van der Waals surface area contributed by atoms with E-state index in [1.165, 1.54) is 16.7 Å². The Labute approximate surface area is 103 Å². The largest absolute Gasteiger partial charge is 0.496 e. The number of methoxy groups -OCH3 is 2. The average Bonchev–Trinajstić information content (AvgIpc) is 2.70. The van der Waals surface area contributed by atoms with Gasteiger partial charge in [-0.2, -0.15) is 0 Å². The summed E-state index contributed by atoms with van der Waals surface area (Å²) in [7, 11) is 3.47. The normalized spacial score (nSPS) is 18.2. The molecule has 0 saturated carbocycles. The molecular formula is C14H21NO2. The first-order valence-electron chi connectivity index (χ1n) is 6.18. The lowest BCUT2D eigenvalue weighted by Crippen LogP contribution is -2.19. The maximum absolute atomic E-state index is 6.03. The number of ether oxygens (including phenoxy) is 2. The molecule has 0 fully saturated rings. The van der Waals surface area contributed by atoms with Gasteiger partial charge in [-0.25, -0.2) is 0 Å². The molecule has 0 bridgehead atoms. The van der Waals surface area contributed by atoms with Crippen LogP contribution in [0.2, 0.25) is 0 Å². The highest BCUT2D eigenvalue weighted by Gasteiger charge is 2.22. The molecule has 0 aromatic heterocycles. The van der Waals surface area contributed by atoms with Crippen LogP contribution in [0.25, 0.3) is 0 Å². The van der Waals surface area contributed by atoms with Crippen molar-refractivity contribution in [2.75, 3.05) is 20.8 Å². The van der Waals surface area contributed by atoms with Crippen LogP contribution in [0.15, 0.2) is 12.1 Å². The van der Waals surface area contributed by atoms with Gasteiger partial charge in [-0.05, 0) is 48.4 Å². The van der Waals surface area contributed by atoms with E-state index < -0.39 is 0 Å². The standard InChI is InChI=1S/C14H21NO2/c1-16-7-3-4-12-13-9-11(15)8-10(13)5-6-14(12)17-2/h5-6,11H,3-4,7-9,15H2,1-2H3. The number of nitrogens with two attached hydrogens (primary N) is 1. The predicted octanol–water partition coefficient (Wildman–Crippen LogP) is 1.70. The molecule has 1 aromatic rings. The average molecular weight is 235 g/mol. The van der Waals surface area contributed by atoms with E-state index >= 15 is 0 Å². The second-order valence-electron chi connectivity index (χ2n) is 4.65. The van der Waals surface area contributed by atoms with E-state index in [2.05, 4.69) is 12.1 Å². The van der Waals surface area contributed by atoms with Crippen molar-refractivity contribution >= 4 is 0 Å². The summed E-state index contributed by atoms with van der Waals surface area (Å²) < 4.78 is 10.6. The molecule has 0 saturated heterocycles. The summed E-state index contributed by atoms with van der Waals surface area (Å²) in [6.45, 7) is 0.791. The van der Waals surface area contributed by atoms with Gasteiger partial charge in [-0.15, -0.1) is 0 Å². The van der Waals surface area contributed by atoms with Gasteiger partial charge in [0.05, 0.1) is 7.11 Å². The Morgan fingerprint density at radius 2 is 2.12 bits per heavy atom. The van der Waals surface area contributed by atoms with Crippen molar-refractivity contribution in [3.8, 4) is 5.75 Å². The van der Waals surface area contributed by atoms with Crippen LogP contribution in [0.4, 0.5) is 0 Å². The fourth-order valence-corrected chi connectivity index (χ4v) is 2.64. The fraction of sp³-hybridized carbons (Fsp3) is 0.571. The predicted molar refractivity (Wildman–Crippen MR) is 68.6 cm³/mol. The minimum absolute atomic E-state index is 0.276. The van der Waals surface area contributed by atoms with Crippen molar-refractivity contribution in [2.45, 2.75) is 31.7 Å². The van der Waals surface area contributed by atoms with E-state index in [4.69, 9.17) is 15.2 Å². The van der Waals surface area contributed by atoms with E-state index in [0.717, 1.165) is 38.0 Å². The van der Waals surface area contributed by atoms with Crippen molar-refractivity contribution in [3.05, 3.63) is 28.8 Å². The lowest BCUT2D eigenvalue weighted by molar-refractivity contribution is 0.195. The van der Waals surface area contributed by atoms with E-state index in [0.29, 0.717) is 0 Å². The summed E-state index contributed by atoms with van der Waals surface area (Å²) >= 11 is 0. The number of fused-ring (bicyclic) bond motifs is 1. The van der Waals surface area contributed by atoms with Gasteiger partial charge in [-0.3, -0.25) is 0 Å². The number of hydrogen-bond acceptors (Lipinski definition) is 3. The fourth-order valence-electron chi connectivity index (χ4n) is 2.64. The lowest BCUT2D eigenvalue weighted by Gasteiger charge is -2.13. The molecule has 0 radical (unpaired) electrons. The van der Waals surface area contributed by atoms with Crippen LogP contribution < -0.4 is 10.5 Å². The molecule has 1 unspecified atom stereocenters. The van der Waals surface area contributed by atoms with Gasteiger partial charge in [0.2, 0.25) is 0 Å². The zero-order valence-corrected chi connectivity index (χ0v) is 10.7. The van der Waals surface area contributed by atoms with Crippen molar-refractivity contribution in [1.29, 1.82) is 0 Å². The molecule has 1 aliphatic rings. The number of rotatable bonds is 5. The molecule has 0 spiro atoms. The van der Waals surface area contributed by atoms with Crippen molar-refractivity contribution in [3.63, 3.8) is 0 Å². The Hall–Kier alpha value is -1.06. The maximum atomic E-state index is 6.03. The Kier molecular flexibility index (Phi) is 4.02. The Morgan fingerprint density at radius 1 is 1.29 bits per heavy atom. The molecule has 3 heteroatoms. The maximum Gasteiger partial charge on any atom is 0.122 e. The van der Waals surface area contributed by atoms with Gasteiger partial charge in [0.1, 0.15) is 5.75 Å². The van der Waals surface area contributed by atoms with Gasteiger partial charge in [0, 0.05) is 19.8 Å². The molecule has 94 valence electrons. The van der Waals surface area contributed by atoms with Crippen LogP contribution in [0.3, 0.4) is 0 Å². The summed E-state index contributed by atoms with van der Waals surface area (Å²) in [6.07, 6.45) is 4.01. The van der Waals surface area contributed by atoms with Crippen LogP contribution in [0.1, 0.15) is 23.1 Å². The molecule has 0 amide bonds.